The van der Waals surface area contributed by atoms with Crippen molar-refractivity contribution in [2.24, 2.45) is 0 Å². The molecule has 25 heavy (non-hydrogen) atoms. The minimum atomic E-state index is -4.63. The van der Waals surface area contributed by atoms with Crippen molar-refractivity contribution in [1.29, 1.82) is 0 Å². The van der Waals surface area contributed by atoms with Gasteiger partial charge in [-0.05, 0) is 24.6 Å². The Morgan fingerprint density at radius 1 is 1.12 bits per heavy atom. The van der Waals surface area contributed by atoms with Gasteiger partial charge in [0.1, 0.15) is 6.54 Å². The summed E-state index contributed by atoms with van der Waals surface area (Å²) < 4.78 is 40.7. The van der Waals surface area contributed by atoms with Crippen LogP contribution in [0.2, 0.25) is 0 Å². The number of fused-ring (bicyclic) bond motifs is 1. The number of imidazole rings is 1. The van der Waals surface area contributed by atoms with Crippen LogP contribution >= 0.6 is 0 Å². The van der Waals surface area contributed by atoms with Crippen molar-refractivity contribution < 1.29 is 18.0 Å². The molecule has 2 aromatic carbocycles. The summed E-state index contributed by atoms with van der Waals surface area (Å²) >= 11 is 0. The molecule has 0 spiro atoms. The van der Waals surface area contributed by atoms with Crippen molar-refractivity contribution in [3.63, 3.8) is 0 Å². The lowest BCUT2D eigenvalue weighted by Crippen LogP contribution is -2.31. The lowest BCUT2D eigenvalue weighted by molar-refractivity contribution is -0.147. The van der Waals surface area contributed by atoms with E-state index in [0.29, 0.717) is 0 Å². The van der Waals surface area contributed by atoms with Gasteiger partial charge in [0.25, 0.3) is 0 Å². The van der Waals surface area contributed by atoms with E-state index in [1.165, 1.54) is 12.1 Å². The Hall–Kier alpha value is -2.83. The Bertz CT molecular complexity index is 887. The Kier molecular flexibility index (Phi) is 4.48. The fourth-order valence-electron chi connectivity index (χ4n) is 2.71. The van der Waals surface area contributed by atoms with E-state index in [1.54, 1.807) is 19.1 Å². The summed E-state index contributed by atoms with van der Waals surface area (Å²) in [6.07, 6.45) is -4.63. The predicted octanol–water partition coefficient (Wildman–Crippen LogP) is 3.93. The number of rotatable bonds is 4. The average Bonchev–Trinajstić information content (AvgIpc) is 2.94. The minimum Gasteiger partial charge on any atom is -0.348 e. The summed E-state index contributed by atoms with van der Waals surface area (Å²) in [7, 11) is 0. The maximum absolute atomic E-state index is 13.2. The highest BCUT2D eigenvalue weighted by Gasteiger charge is 2.38. The topological polar surface area (TPSA) is 46.9 Å². The Morgan fingerprint density at radius 2 is 1.76 bits per heavy atom. The van der Waals surface area contributed by atoms with Crippen molar-refractivity contribution in [2.75, 3.05) is 0 Å². The van der Waals surface area contributed by atoms with Crippen LogP contribution in [0.25, 0.3) is 11.0 Å². The zero-order valence-electron chi connectivity index (χ0n) is 13.4. The van der Waals surface area contributed by atoms with Gasteiger partial charge >= 0.3 is 6.18 Å². The summed E-state index contributed by atoms with van der Waals surface area (Å²) in [5, 5.41) is 2.72. The van der Waals surface area contributed by atoms with Crippen LogP contribution in [0.3, 0.4) is 0 Å². The third-order valence-corrected chi connectivity index (χ3v) is 3.89. The van der Waals surface area contributed by atoms with Crippen LogP contribution in [-0.4, -0.2) is 15.5 Å². The molecule has 4 nitrogen and oxygen atoms in total. The molecule has 1 amide bonds. The van der Waals surface area contributed by atoms with Gasteiger partial charge in [0.2, 0.25) is 11.7 Å². The maximum atomic E-state index is 13.2. The molecule has 0 radical (unpaired) electrons. The molecule has 0 aliphatic heterocycles. The molecule has 0 saturated carbocycles. The number of hydrogen-bond donors (Lipinski definition) is 1. The van der Waals surface area contributed by atoms with Crippen molar-refractivity contribution in [3.05, 3.63) is 66.0 Å². The van der Waals surface area contributed by atoms with Crippen LogP contribution in [0.5, 0.6) is 0 Å². The quantitative estimate of drug-likeness (QED) is 0.777. The highest BCUT2D eigenvalue weighted by molar-refractivity contribution is 5.81. The number of benzene rings is 2. The second kappa shape index (κ2) is 6.58. The molecule has 0 fully saturated rings. The molecule has 1 N–H and O–H groups in total. The summed E-state index contributed by atoms with van der Waals surface area (Å²) in [6.45, 7) is 1.33. The molecule has 1 atom stereocenters. The first-order chi connectivity index (χ1) is 11.9. The molecule has 1 heterocycles. The van der Waals surface area contributed by atoms with E-state index in [0.717, 1.165) is 10.1 Å². The molecule has 0 aliphatic carbocycles. The van der Waals surface area contributed by atoms with Gasteiger partial charge in [-0.15, -0.1) is 0 Å². The number of nitrogens with one attached hydrogen (secondary N) is 1. The van der Waals surface area contributed by atoms with Crippen LogP contribution < -0.4 is 5.32 Å². The number of carbonyl (C=O) groups excluding carboxylic acids is 1. The molecular formula is C18H16F3N3O. The first kappa shape index (κ1) is 17.0. The summed E-state index contributed by atoms with van der Waals surface area (Å²) in [5.74, 6) is -1.58. The zero-order valence-corrected chi connectivity index (χ0v) is 13.4. The van der Waals surface area contributed by atoms with Crippen LogP contribution in [0.1, 0.15) is 24.4 Å². The van der Waals surface area contributed by atoms with Crippen LogP contribution in [-0.2, 0) is 17.5 Å². The third kappa shape index (κ3) is 3.65. The second-order valence-electron chi connectivity index (χ2n) is 5.71. The lowest BCUT2D eigenvalue weighted by atomic mass is 10.1. The summed E-state index contributed by atoms with van der Waals surface area (Å²) in [5.41, 5.74) is 1.36. The minimum absolute atomic E-state index is 0.207. The Labute approximate surface area is 142 Å². The molecule has 1 aromatic heterocycles. The zero-order chi connectivity index (χ0) is 18.0. The molecular weight excluding hydrogens is 331 g/mol. The lowest BCUT2D eigenvalue weighted by Gasteiger charge is -2.16. The first-order valence-corrected chi connectivity index (χ1v) is 7.73. The van der Waals surface area contributed by atoms with Crippen molar-refractivity contribution in [3.8, 4) is 0 Å². The standard InChI is InChI=1S/C18H16F3N3O/c1-12(13-7-3-2-4-8-13)22-16(25)11-24-15-10-6-5-9-14(15)23-17(24)18(19,20)21/h2-10,12H,11H2,1H3,(H,22,25)/t12-/m1/s1. The van der Waals surface area contributed by atoms with Gasteiger partial charge in [-0.25, -0.2) is 4.98 Å². The van der Waals surface area contributed by atoms with E-state index < -0.39 is 24.5 Å². The largest absolute Gasteiger partial charge is 0.449 e. The number of amides is 1. The monoisotopic (exact) mass is 347 g/mol. The molecule has 0 bridgehead atoms. The molecule has 3 aromatic rings. The van der Waals surface area contributed by atoms with E-state index in [-0.39, 0.29) is 17.1 Å². The molecule has 7 heteroatoms. The van der Waals surface area contributed by atoms with Crippen molar-refractivity contribution in [1.82, 2.24) is 14.9 Å². The molecule has 0 unspecified atom stereocenters. The maximum Gasteiger partial charge on any atom is 0.449 e. The van der Waals surface area contributed by atoms with Gasteiger partial charge in [0, 0.05) is 0 Å². The first-order valence-electron chi connectivity index (χ1n) is 7.73. The van der Waals surface area contributed by atoms with Gasteiger partial charge in [-0.1, -0.05) is 42.5 Å². The van der Waals surface area contributed by atoms with E-state index in [9.17, 15) is 18.0 Å². The number of hydrogen-bond acceptors (Lipinski definition) is 2. The van der Waals surface area contributed by atoms with Crippen LogP contribution in [0, 0.1) is 0 Å². The SMILES string of the molecule is C[C@@H](NC(=O)Cn1c(C(F)(F)F)nc2ccccc21)c1ccccc1. The normalized spacial score (nSPS) is 13.0. The highest BCUT2D eigenvalue weighted by Crippen LogP contribution is 2.31. The fraction of sp³-hybridized carbons (Fsp3) is 0.222. The smallest absolute Gasteiger partial charge is 0.348 e. The third-order valence-electron chi connectivity index (χ3n) is 3.89. The van der Waals surface area contributed by atoms with Gasteiger partial charge in [-0.2, -0.15) is 13.2 Å². The average molecular weight is 347 g/mol. The van der Waals surface area contributed by atoms with Crippen molar-refractivity contribution in [2.45, 2.75) is 25.7 Å². The number of carbonyl (C=O) groups is 1. The Balaban J connectivity index is 1.86. The van der Waals surface area contributed by atoms with E-state index in [2.05, 4.69) is 10.3 Å². The number of alkyl halides is 3. The van der Waals surface area contributed by atoms with E-state index in [1.807, 2.05) is 30.3 Å². The number of nitrogens with zero attached hydrogens (tertiary/aromatic N) is 2. The number of aromatic nitrogens is 2. The fourth-order valence-corrected chi connectivity index (χ4v) is 2.71. The molecule has 3 rings (SSSR count). The van der Waals surface area contributed by atoms with Gasteiger partial charge in [-0.3, -0.25) is 4.79 Å². The van der Waals surface area contributed by atoms with Gasteiger partial charge in [0.05, 0.1) is 17.1 Å². The Morgan fingerprint density at radius 3 is 2.44 bits per heavy atom. The highest BCUT2D eigenvalue weighted by atomic mass is 19.4. The molecule has 0 saturated heterocycles. The second-order valence-corrected chi connectivity index (χ2v) is 5.71. The van der Waals surface area contributed by atoms with E-state index in [4.69, 9.17) is 0 Å². The molecule has 130 valence electrons. The van der Waals surface area contributed by atoms with Gasteiger partial charge < -0.3 is 9.88 Å². The van der Waals surface area contributed by atoms with E-state index >= 15 is 0 Å². The predicted molar refractivity (Wildman–Crippen MR) is 87.7 cm³/mol. The molecule has 0 aliphatic rings. The van der Waals surface area contributed by atoms with Gasteiger partial charge in [0.15, 0.2) is 0 Å². The van der Waals surface area contributed by atoms with Crippen molar-refractivity contribution >= 4 is 16.9 Å². The van der Waals surface area contributed by atoms with Crippen LogP contribution in [0.15, 0.2) is 54.6 Å². The summed E-state index contributed by atoms with van der Waals surface area (Å²) in [4.78, 5) is 15.9. The van der Waals surface area contributed by atoms with Crippen LogP contribution in [0.4, 0.5) is 13.2 Å². The summed E-state index contributed by atoms with van der Waals surface area (Å²) in [6, 6.07) is 15.1. The number of halogens is 3. The number of para-hydroxylation sites is 2.